The van der Waals surface area contributed by atoms with Crippen LogP contribution in [-0.4, -0.2) is 49.7 Å². The van der Waals surface area contributed by atoms with Gasteiger partial charge >= 0.3 is 0 Å². The number of rotatable bonds is 12. The highest BCUT2D eigenvalue weighted by atomic mass is 32.2. The van der Waals surface area contributed by atoms with Crippen LogP contribution in [-0.2, 0) is 23.2 Å². The van der Waals surface area contributed by atoms with Crippen molar-refractivity contribution in [3.05, 3.63) is 75.2 Å². The fraction of sp³-hybridized carbons (Fsp3) is 0.292. The third-order valence-electron chi connectivity index (χ3n) is 5.59. The molecule has 2 aromatic carbocycles. The van der Waals surface area contributed by atoms with Crippen LogP contribution >= 0.6 is 11.3 Å². The van der Waals surface area contributed by atoms with Crippen LogP contribution in [0.3, 0.4) is 0 Å². The molecule has 0 radical (unpaired) electrons. The Kier molecular flexibility index (Phi) is 8.79. The standard InChI is InChI=1S/C24H28N4O6S2/c1-15-9-11-18(22(34-3)21(15)33-2)20(29)19(12-10-16-7-5-4-6-8-16)28(36(26,31)32)13-17-14-35-24(27-17)23(25)30/h4-9,11,14,19H,10,12-13H2,1-3H3,(H2,25,30)(H2,26,31,32). The molecule has 0 aliphatic rings. The topological polar surface area (TPSA) is 155 Å². The Hall–Kier alpha value is -3.32. The molecule has 1 aromatic heterocycles. The minimum absolute atomic E-state index is 0.0245. The number of ether oxygens (including phenoxy) is 2. The van der Waals surface area contributed by atoms with Crippen molar-refractivity contribution in [2.24, 2.45) is 10.9 Å². The maximum Gasteiger partial charge on any atom is 0.277 e. The van der Waals surface area contributed by atoms with Gasteiger partial charge in [-0.25, -0.2) is 10.1 Å². The molecule has 3 aromatic rings. The number of ketones is 1. The maximum absolute atomic E-state index is 13.9. The van der Waals surface area contributed by atoms with Gasteiger partial charge in [0.2, 0.25) is 0 Å². The first-order valence-corrected chi connectivity index (χ1v) is 13.3. The Morgan fingerprint density at radius 2 is 1.75 bits per heavy atom. The van der Waals surface area contributed by atoms with Crippen molar-refractivity contribution in [2.75, 3.05) is 14.2 Å². The highest BCUT2D eigenvalue weighted by Crippen LogP contribution is 2.36. The molecule has 4 N–H and O–H groups in total. The molecule has 12 heteroatoms. The molecule has 0 aliphatic carbocycles. The highest BCUT2D eigenvalue weighted by molar-refractivity contribution is 7.86. The Bertz CT molecular complexity index is 1340. The zero-order valence-electron chi connectivity index (χ0n) is 20.1. The van der Waals surface area contributed by atoms with Gasteiger partial charge in [-0.1, -0.05) is 36.4 Å². The summed E-state index contributed by atoms with van der Waals surface area (Å²) in [6.07, 6.45) is 0.531. The molecular formula is C24H28N4O6S2. The Balaban J connectivity index is 2.08. The fourth-order valence-electron chi connectivity index (χ4n) is 3.87. The van der Waals surface area contributed by atoms with Crippen LogP contribution in [0.1, 0.15) is 43.4 Å². The average molecular weight is 533 g/mol. The number of hydrogen-bond donors (Lipinski definition) is 2. The molecule has 1 heterocycles. The van der Waals surface area contributed by atoms with Crippen molar-refractivity contribution < 1.29 is 27.5 Å². The van der Waals surface area contributed by atoms with E-state index in [-0.39, 0.29) is 35.0 Å². The fourth-order valence-corrected chi connectivity index (χ4v) is 5.40. The lowest BCUT2D eigenvalue weighted by atomic mass is 9.95. The number of carbonyl (C=O) groups excluding carboxylic acids is 2. The van der Waals surface area contributed by atoms with E-state index in [2.05, 4.69) is 4.98 Å². The van der Waals surface area contributed by atoms with E-state index in [9.17, 15) is 18.0 Å². The lowest BCUT2D eigenvalue weighted by Crippen LogP contribution is -2.48. The zero-order chi connectivity index (χ0) is 26.5. The number of benzene rings is 2. The van der Waals surface area contributed by atoms with Crippen molar-refractivity contribution in [1.29, 1.82) is 0 Å². The van der Waals surface area contributed by atoms with Crippen molar-refractivity contribution in [3.8, 4) is 11.5 Å². The van der Waals surface area contributed by atoms with E-state index in [1.807, 2.05) is 30.3 Å². The molecule has 0 saturated carbocycles. The van der Waals surface area contributed by atoms with Gasteiger partial charge in [0.15, 0.2) is 22.3 Å². The molecule has 0 bridgehead atoms. The molecule has 10 nitrogen and oxygen atoms in total. The summed E-state index contributed by atoms with van der Waals surface area (Å²) in [5, 5.41) is 7.14. The molecule has 0 saturated heterocycles. The minimum Gasteiger partial charge on any atom is -0.493 e. The van der Waals surface area contributed by atoms with Crippen LogP contribution < -0.4 is 20.3 Å². The van der Waals surface area contributed by atoms with Gasteiger partial charge in [-0.05, 0) is 37.0 Å². The number of hydrogen-bond acceptors (Lipinski definition) is 8. The van der Waals surface area contributed by atoms with Gasteiger partial charge in [0, 0.05) is 5.38 Å². The summed E-state index contributed by atoms with van der Waals surface area (Å²) in [5.41, 5.74) is 7.35. The molecule has 1 unspecified atom stereocenters. The summed E-state index contributed by atoms with van der Waals surface area (Å²) in [5.74, 6) is -0.675. The van der Waals surface area contributed by atoms with Crippen molar-refractivity contribution in [2.45, 2.75) is 32.4 Å². The Labute approximate surface area is 214 Å². The van der Waals surface area contributed by atoms with Crippen LogP contribution in [0.2, 0.25) is 0 Å². The van der Waals surface area contributed by atoms with Crippen LogP contribution in [0, 0.1) is 6.92 Å². The molecular weight excluding hydrogens is 504 g/mol. The first kappa shape index (κ1) is 27.3. The van der Waals surface area contributed by atoms with Gasteiger partial charge in [0.1, 0.15) is 0 Å². The van der Waals surface area contributed by atoms with Gasteiger partial charge in [-0.3, -0.25) is 9.59 Å². The van der Waals surface area contributed by atoms with E-state index >= 15 is 0 Å². The summed E-state index contributed by atoms with van der Waals surface area (Å²) in [6.45, 7) is 1.48. The van der Waals surface area contributed by atoms with Crippen molar-refractivity contribution >= 4 is 33.2 Å². The number of Topliss-reactive ketones (excluding diaryl/α,β-unsaturated/α-hetero) is 1. The quantitative estimate of drug-likeness (QED) is 0.340. The number of thiazole rings is 1. The van der Waals surface area contributed by atoms with Crippen molar-refractivity contribution in [1.82, 2.24) is 9.29 Å². The van der Waals surface area contributed by atoms with Gasteiger partial charge in [0.25, 0.3) is 16.1 Å². The second-order valence-corrected chi connectivity index (χ2v) is 10.4. The van der Waals surface area contributed by atoms with Gasteiger partial charge in [-0.2, -0.15) is 12.7 Å². The van der Waals surface area contributed by atoms with Gasteiger partial charge in [0.05, 0.1) is 38.1 Å². The third kappa shape index (κ3) is 6.26. The number of aromatic nitrogens is 1. The Morgan fingerprint density at radius 1 is 1.08 bits per heavy atom. The molecule has 36 heavy (non-hydrogen) atoms. The number of methoxy groups -OCH3 is 2. The predicted molar refractivity (Wildman–Crippen MR) is 136 cm³/mol. The van der Waals surface area contributed by atoms with E-state index in [1.54, 1.807) is 19.1 Å². The maximum atomic E-state index is 13.9. The molecule has 192 valence electrons. The first-order valence-electron chi connectivity index (χ1n) is 10.9. The minimum atomic E-state index is -4.39. The summed E-state index contributed by atoms with van der Waals surface area (Å²) in [4.78, 5) is 29.5. The predicted octanol–water partition coefficient (Wildman–Crippen LogP) is 2.46. The average Bonchev–Trinajstić information content (AvgIpc) is 3.32. The second kappa shape index (κ2) is 11.6. The monoisotopic (exact) mass is 532 g/mol. The Morgan fingerprint density at radius 3 is 2.31 bits per heavy atom. The van der Waals surface area contributed by atoms with Crippen LogP contribution in [0.25, 0.3) is 0 Å². The summed E-state index contributed by atoms with van der Waals surface area (Å²) in [7, 11) is -1.52. The third-order valence-corrected chi connectivity index (χ3v) is 7.53. The number of aryl methyl sites for hydroxylation is 2. The number of amides is 1. The number of nitrogens with zero attached hydrogens (tertiary/aromatic N) is 2. The van der Waals surface area contributed by atoms with Crippen LogP contribution in [0.15, 0.2) is 47.8 Å². The SMILES string of the molecule is COc1c(C)ccc(C(=O)C(CCc2ccccc2)N(Cc2csc(C(N)=O)n2)S(N)(=O)=O)c1OC. The molecule has 0 fully saturated rings. The van der Waals surface area contributed by atoms with Gasteiger partial charge in [-0.15, -0.1) is 11.3 Å². The first-order chi connectivity index (χ1) is 17.1. The van der Waals surface area contributed by atoms with E-state index in [0.717, 1.165) is 26.8 Å². The number of carbonyl (C=O) groups is 2. The lowest BCUT2D eigenvalue weighted by molar-refractivity contribution is 0.0877. The van der Waals surface area contributed by atoms with E-state index in [1.165, 1.54) is 19.6 Å². The molecule has 0 aliphatic heterocycles. The van der Waals surface area contributed by atoms with E-state index < -0.39 is 27.9 Å². The number of primary amides is 1. The van der Waals surface area contributed by atoms with Gasteiger partial charge < -0.3 is 15.2 Å². The van der Waals surface area contributed by atoms with Crippen molar-refractivity contribution in [3.63, 3.8) is 0 Å². The summed E-state index contributed by atoms with van der Waals surface area (Å²) < 4.78 is 37.4. The smallest absolute Gasteiger partial charge is 0.277 e. The zero-order valence-corrected chi connectivity index (χ0v) is 21.8. The van der Waals surface area contributed by atoms with E-state index in [4.69, 9.17) is 20.3 Å². The summed E-state index contributed by atoms with van der Waals surface area (Å²) in [6, 6.07) is 11.4. The molecule has 1 atom stereocenters. The lowest BCUT2D eigenvalue weighted by Gasteiger charge is -2.28. The normalized spacial score (nSPS) is 12.4. The molecule has 0 spiro atoms. The number of nitrogens with two attached hydrogens (primary N) is 2. The summed E-state index contributed by atoms with van der Waals surface area (Å²) >= 11 is 0.980. The molecule has 1 amide bonds. The van der Waals surface area contributed by atoms with Crippen LogP contribution in [0.4, 0.5) is 0 Å². The van der Waals surface area contributed by atoms with E-state index in [0.29, 0.717) is 12.2 Å². The highest BCUT2D eigenvalue weighted by Gasteiger charge is 2.36. The second-order valence-electron chi connectivity index (χ2n) is 8.00. The largest absolute Gasteiger partial charge is 0.493 e. The van der Waals surface area contributed by atoms with Crippen LogP contribution in [0.5, 0.6) is 11.5 Å². The molecule has 3 rings (SSSR count).